The molecule has 4 aromatic heterocycles. The topological polar surface area (TPSA) is 227 Å². The Morgan fingerprint density at radius 2 is 1.38 bits per heavy atom. The van der Waals surface area contributed by atoms with E-state index in [0.717, 1.165) is 0 Å². The first-order valence-electron chi connectivity index (χ1n) is 17.8. The lowest BCUT2D eigenvalue weighted by molar-refractivity contribution is 0.0882. The molecule has 0 bridgehead atoms. The lowest BCUT2D eigenvalue weighted by Crippen LogP contribution is -2.20. The number of hydrogen-bond acceptors (Lipinski definition) is 11. The molecular weight excluding hydrogens is 739 g/mol. The van der Waals surface area contributed by atoms with Crippen LogP contribution in [0.25, 0.3) is 33.2 Å². The highest BCUT2D eigenvalue weighted by Crippen LogP contribution is 2.29. The molecule has 4 heterocycles. The van der Waals surface area contributed by atoms with Crippen molar-refractivity contribution in [1.82, 2.24) is 34.7 Å². The third-order valence-corrected chi connectivity index (χ3v) is 9.21. The fourth-order valence-corrected chi connectivity index (χ4v) is 6.40. The van der Waals surface area contributed by atoms with Crippen molar-refractivity contribution in [3.63, 3.8) is 0 Å². The Kier molecular flexibility index (Phi) is 9.17. The molecule has 15 nitrogen and oxygen atoms in total. The van der Waals surface area contributed by atoms with Gasteiger partial charge in [-0.1, -0.05) is 71.3 Å². The number of amides is 2. The zero-order valence-corrected chi connectivity index (χ0v) is 31.3. The minimum absolute atomic E-state index is 0.0260. The number of carbonyl (C=O) groups is 2. The number of para-hydroxylation sites is 1. The van der Waals surface area contributed by atoms with Gasteiger partial charge in [-0.15, -0.1) is 0 Å². The summed E-state index contributed by atoms with van der Waals surface area (Å²) in [7, 11) is 0. The number of primary amides is 2. The van der Waals surface area contributed by atoms with E-state index in [2.05, 4.69) is 49.0 Å². The lowest BCUT2D eigenvalue weighted by Gasteiger charge is -2.11. The molecule has 0 aliphatic heterocycles. The Balaban J connectivity index is 1.06. The average molecular weight is 772 g/mol. The maximum absolute atomic E-state index is 12.8. The van der Waals surface area contributed by atoms with Crippen LogP contribution in [0.5, 0.6) is 0 Å². The monoisotopic (exact) mass is 771 g/mol. The number of carbonyl (C=O) groups excluding carboxylic acids is 2. The van der Waals surface area contributed by atoms with E-state index in [1.165, 1.54) is 20.0 Å². The van der Waals surface area contributed by atoms with Gasteiger partial charge in [0.15, 0.2) is 22.6 Å². The molecular formula is C43H33N9O6. The van der Waals surface area contributed by atoms with Crippen molar-refractivity contribution >= 4 is 33.6 Å². The van der Waals surface area contributed by atoms with Gasteiger partial charge in [0, 0.05) is 21.9 Å². The fraction of sp³-hybridized carbons (Fsp3) is 0.140. The van der Waals surface area contributed by atoms with E-state index in [0.29, 0.717) is 55.6 Å². The molecule has 2 atom stereocenters. The normalized spacial score (nSPS) is 13.3. The van der Waals surface area contributed by atoms with Crippen molar-refractivity contribution in [3.8, 4) is 35.1 Å². The van der Waals surface area contributed by atoms with Crippen LogP contribution in [0.15, 0.2) is 106 Å². The molecule has 15 heteroatoms. The van der Waals surface area contributed by atoms with Gasteiger partial charge in [0.25, 0.3) is 11.8 Å². The quantitative estimate of drug-likeness (QED) is 0.159. The molecule has 2 amide bonds. The van der Waals surface area contributed by atoms with E-state index in [1.807, 2.05) is 18.2 Å². The average Bonchev–Trinajstić information content (AvgIpc) is 4.02. The van der Waals surface area contributed by atoms with Gasteiger partial charge in [-0.2, -0.15) is 15.2 Å². The Morgan fingerprint density at radius 3 is 2.03 bits per heavy atom. The molecule has 286 valence electrons. The Labute approximate surface area is 329 Å². The van der Waals surface area contributed by atoms with Crippen LogP contribution in [0.4, 0.5) is 0 Å². The minimum Gasteiger partial charge on any atom is -0.442 e. The van der Waals surface area contributed by atoms with Gasteiger partial charge in [0.05, 0.1) is 35.0 Å². The second-order valence-electron chi connectivity index (χ2n) is 13.8. The summed E-state index contributed by atoms with van der Waals surface area (Å²) in [5, 5.41) is 36.4. The predicted octanol–water partition coefficient (Wildman–Crippen LogP) is 4.35. The Bertz CT molecular complexity index is 3050. The second-order valence-corrected chi connectivity index (χ2v) is 13.8. The second kappa shape index (κ2) is 14.3. The summed E-state index contributed by atoms with van der Waals surface area (Å²) in [6.45, 7) is 4.67. The van der Waals surface area contributed by atoms with Crippen LogP contribution >= 0.6 is 0 Å². The smallest absolute Gasteiger partial charge is 0.269 e. The third-order valence-electron chi connectivity index (χ3n) is 9.21. The molecule has 0 fully saturated rings. The van der Waals surface area contributed by atoms with Gasteiger partial charge in [-0.05, 0) is 74.9 Å². The molecule has 0 aliphatic rings. The van der Waals surface area contributed by atoms with Crippen LogP contribution in [-0.4, -0.2) is 56.7 Å². The van der Waals surface area contributed by atoms with Crippen LogP contribution in [0, 0.1) is 30.6 Å². The van der Waals surface area contributed by atoms with Gasteiger partial charge in [0.2, 0.25) is 17.6 Å². The van der Waals surface area contributed by atoms with E-state index in [4.69, 9.17) is 20.4 Å². The molecule has 0 saturated heterocycles. The first kappa shape index (κ1) is 37.1. The third kappa shape index (κ3) is 7.06. The molecule has 6 N–H and O–H groups in total. The highest BCUT2D eigenvalue weighted by atomic mass is 16.5. The summed E-state index contributed by atoms with van der Waals surface area (Å²) in [6.07, 6.45) is 1.59. The van der Waals surface area contributed by atoms with E-state index < -0.39 is 23.0 Å². The summed E-state index contributed by atoms with van der Waals surface area (Å²) >= 11 is 0. The number of aryl methyl sites for hydroxylation is 1. The van der Waals surface area contributed by atoms with Crippen molar-refractivity contribution in [2.75, 3.05) is 0 Å². The lowest BCUT2D eigenvalue weighted by atomic mass is 10.0. The molecule has 4 aromatic carbocycles. The van der Waals surface area contributed by atoms with Crippen molar-refractivity contribution < 1.29 is 28.7 Å². The van der Waals surface area contributed by atoms with Crippen LogP contribution < -0.4 is 11.5 Å². The number of fused-ring (bicyclic) bond motifs is 2. The summed E-state index contributed by atoms with van der Waals surface area (Å²) in [5.41, 5.74) is 12.4. The maximum Gasteiger partial charge on any atom is 0.269 e. The molecule has 58 heavy (non-hydrogen) atoms. The molecule has 0 aliphatic carbocycles. The Hall–Kier alpha value is -7.85. The predicted molar refractivity (Wildman–Crippen MR) is 210 cm³/mol. The zero-order chi connectivity index (χ0) is 40.8. The zero-order valence-electron chi connectivity index (χ0n) is 31.3. The molecule has 8 rings (SSSR count). The molecule has 0 saturated carbocycles. The van der Waals surface area contributed by atoms with Crippen LogP contribution in [0.3, 0.4) is 0 Å². The Morgan fingerprint density at radius 1 is 0.776 bits per heavy atom. The first-order valence-corrected chi connectivity index (χ1v) is 17.8. The summed E-state index contributed by atoms with van der Waals surface area (Å²) in [5.74, 6) is 10.9. The SMILES string of the molecule is Cc1cnc([C@](C)(O)C#Cc2cccc(-n3nc(C(N)=O)c4c(Cc5nc([C@](C)(O)C#Cc6cccc(-n7nc(C(N)=O)c8ccccc87)c6)no5)cccc43)c2)o1. The molecule has 0 unspecified atom stereocenters. The summed E-state index contributed by atoms with van der Waals surface area (Å²) in [4.78, 5) is 33.4. The number of nitrogens with two attached hydrogens (primary N) is 2. The van der Waals surface area contributed by atoms with Gasteiger partial charge in [-0.25, -0.2) is 14.3 Å². The molecule has 8 aromatic rings. The van der Waals surface area contributed by atoms with Crippen LogP contribution in [0.2, 0.25) is 0 Å². The number of benzene rings is 4. The van der Waals surface area contributed by atoms with Gasteiger partial charge in [-0.3, -0.25) is 9.59 Å². The largest absolute Gasteiger partial charge is 0.442 e. The van der Waals surface area contributed by atoms with E-state index in [1.54, 1.807) is 89.1 Å². The van der Waals surface area contributed by atoms with E-state index in [9.17, 15) is 19.8 Å². The van der Waals surface area contributed by atoms with Crippen molar-refractivity contribution in [2.45, 2.75) is 38.4 Å². The van der Waals surface area contributed by atoms with Crippen LogP contribution in [0.1, 0.15) is 74.9 Å². The van der Waals surface area contributed by atoms with Crippen LogP contribution in [-0.2, 0) is 17.6 Å². The summed E-state index contributed by atoms with van der Waals surface area (Å²) < 4.78 is 14.2. The number of aromatic nitrogens is 7. The highest BCUT2D eigenvalue weighted by Gasteiger charge is 2.29. The van der Waals surface area contributed by atoms with Gasteiger partial charge < -0.3 is 30.6 Å². The van der Waals surface area contributed by atoms with E-state index >= 15 is 0 Å². The number of hydrogen-bond donors (Lipinski definition) is 4. The number of nitrogens with zero attached hydrogens (tertiary/aromatic N) is 7. The minimum atomic E-state index is -1.82. The van der Waals surface area contributed by atoms with Crippen molar-refractivity contribution in [2.24, 2.45) is 11.5 Å². The van der Waals surface area contributed by atoms with Gasteiger partial charge in [0.1, 0.15) is 5.76 Å². The van der Waals surface area contributed by atoms with E-state index in [-0.39, 0.29) is 35.4 Å². The highest BCUT2D eigenvalue weighted by molar-refractivity contribution is 6.06. The summed E-state index contributed by atoms with van der Waals surface area (Å²) in [6, 6.07) is 26.9. The fourth-order valence-electron chi connectivity index (χ4n) is 6.40. The standard InChI is InChI=1S/C43H33N9O6/c1-25-24-46-41(57-25)43(3,56)20-18-27-10-7-13-30(22-27)52-33-16-8-11-28(35(33)37(49-52)39(45)54)23-34-47-40(50-58-34)42(2,55)19-17-26-9-6-12-29(21-26)51-32-15-5-4-14-31(32)36(48-51)38(44)53/h4-16,21-22,24,55-56H,23H2,1-3H3,(H2,44,53)(H2,45,54)/t42-,43-/m1/s1. The number of oxazole rings is 1. The maximum atomic E-state index is 12.8. The molecule has 0 radical (unpaired) electrons. The number of aliphatic hydroxyl groups is 2. The van der Waals surface area contributed by atoms with Crippen molar-refractivity contribution in [1.29, 1.82) is 0 Å². The van der Waals surface area contributed by atoms with Gasteiger partial charge >= 0.3 is 0 Å². The number of rotatable bonds is 8. The molecule has 0 spiro atoms. The first-order chi connectivity index (χ1) is 27.8. The van der Waals surface area contributed by atoms with Crippen molar-refractivity contribution in [3.05, 3.63) is 149 Å².